The van der Waals surface area contributed by atoms with E-state index in [1.807, 2.05) is 30.0 Å². The van der Waals surface area contributed by atoms with Gasteiger partial charge in [0.25, 0.3) is 0 Å². The fourth-order valence-electron chi connectivity index (χ4n) is 2.81. The monoisotopic (exact) mass is 290 g/mol. The molecule has 0 aliphatic heterocycles. The largest absolute Gasteiger partial charge is 0.475 e. The van der Waals surface area contributed by atoms with Crippen LogP contribution in [-0.4, -0.2) is 16.8 Å². The van der Waals surface area contributed by atoms with E-state index in [2.05, 4.69) is 0 Å². The molecule has 1 heterocycles. The number of aromatic carboxylic acids is 1. The molecular formula is C16H18O3S. The van der Waals surface area contributed by atoms with Crippen LogP contribution in [0.3, 0.4) is 0 Å². The Labute approximate surface area is 122 Å². The van der Waals surface area contributed by atoms with Crippen molar-refractivity contribution < 1.29 is 14.3 Å². The van der Waals surface area contributed by atoms with Crippen LogP contribution in [0.1, 0.15) is 41.8 Å². The molecule has 1 aliphatic carbocycles. The molecule has 2 aromatic rings. The maximum absolute atomic E-state index is 10.9. The van der Waals surface area contributed by atoms with Crippen LogP contribution in [0.25, 0.3) is 11.0 Å². The Morgan fingerprint density at radius 2 is 2.10 bits per heavy atom. The first-order chi connectivity index (χ1) is 9.72. The van der Waals surface area contributed by atoms with Gasteiger partial charge in [-0.2, -0.15) is 11.8 Å². The molecule has 1 N–H and O–H groups in total. The fraction of sp³-hybridized carbons (Fsp3) is 0.438. The first kappa shape index (κ1) is 13.6. The van der Waals surface area contributed by atoms with Gasteiger partial charge in [0.05, 0.1) is 0 Å². The quantitative estimate of drug-likeness (QED) is 0.877. The molecule has 1 fully saturated rings. The van der Waals surface area contributed by atoms with Crippen LogP contribution in [0.5, 0.6) is 0 Å². The van der Waals surface area contributed by atoms with E-state index in [4.69, 9.17) is 9.52 Å². The second-order valence-corrected chi connectivity index (χ2v) is 6.48. The van der Waals surface area contributed by atoms with Gasteiger partial charge in [-0.25, -0.2) is 4.79 Å². The number of thioether (sulfide) groups is 1. The predicted octanol–water partition coefficient (Wildman–Crippen LogP) is 4.55. The molecule has 4 heteroatoms. The summed E-state index contributed by atoms with van der Waals surface area (Å²) < 4.78 is 5.26. The second-order valence-electron chi connectivity index (χ2n) is 5.45. The highest BCUT2D eigenvalue weighted by Crippen LogP contribution is 2.29. The van der Waals surface area contributed by atoms with Crippen molar-refractivity contribution in [3.63, 3.8) is 0 Å². The summed E-state index contributed by atoms with van der Waals surface area (Å²) in [6.45, 7) is 0. The Morgan fingerprint density at radius 3 is 2.85 bits per heavy atom. The Hall–Kier alpha value is -1.42. The first-order valence-corrected chi connectivity index (χ1v) is 8.21. The van der Waals surface area contributed by atoms with Crippen LogP contribution in [0.15, 0.2) is 28.7 Å². The smallest absolute Gasteiger partial charge is 0.371 e. The van der Waals surface area contributed by atoms with Crippen molar-refractivity contribution >= 4 is 28.7 Å². The normalized spacial score (nSPS) is 16.0. The van der Waals surface area contributed by atoms with Gasteiger partial charge >= 0.3 is 5.97 Å². The molecule has 0 unspecified atom stereocenters. The molecule has 0 spiro atoms. The number of furan rings is 1. The zero-order valence-electron chi connectivity index (χ0n) is 11.3. The van der Waals surface area contributed by atoms with Crippen LogP contribution >= 0.6 is 11.8 Å². The lowest BCUT2D eigenvalue weighted by atomic mass is 10.1. The number of carbonyl (C=O) groups is 1. The SMILES string of the molecule is O=C(O)c1cc2cc(CSCC3CCCC3)ccc2o1. The standard InChI is InChI=1S/C16H18O3S/c17-16(18)15-8-13-7-12(5-6-14(13)19-15)10-20-9-11-3-1-2-4-11/h5-8,11H,1-4,9-10H2,(H,17,18). The van der Waals surface area contributed by atoms with Gasteiger partial charge in [-0.3, -0.25) is 0 Å². The molecule has 0 radical (unpaired) electrons. The van der Waals surface area contributed by atoms with Crippen molar-refractivity contribution in [3.8, 4) is 0 Å². The van der Waals surface area contributed by atoms with Gasteiger partial charge in [0.15, 0.2) is 0 Å². The van der Waals surface area contributed by atoms with Gasteiger partial charge in [0.2, 0.25) is 5.76 Å². The highest BCUT2D eigenvalue weighted by molar-refractivity contribution is 7.98. The van der Waals surface area contributed by atoms with Gasteiger partial charge in [-0.15, -0.1) is 0 Å². The Balaban J connectivity index is 1.64. The molecule has 1 aromatic carbocycles. The summed E-state index contributed by atoms with van der Waals surface area (Å²) in [6, 6.07) is 7.53. The average Bonchev–Trinajstić information content (AvgIpc) is 3.06. The molecule has 0 atom stereocenters. The molecule has 1 aromatic heterocycles. The van der Waals surface area contributed by atoms with E-state index < -0.39 is 5.97 Å². The highest BCUT2D eigenvalue weighted by atomic mass is 32.2. The average molecular weight is 290 g/mol. The number of carboxylic acid groups (broad SMARTS) is 1. The topological polar surface area (TPSA) is 50.4 Å². The number of benzene rings is 1. The Bertz CT molecular complexity index is 611. The minimum atomic E-state index is -1.02. The molecule has 0 bridgehead atoms. The number of hydrogen-bond donors (Lipinski definition) is 1. The number of rotatable bonds is 5. The van der Waals surface area contributed by atoms with E-state index in [0.29, 0.717) is 5.58 Å². The zero-order valence-corrected chi connectivity index (χ0v) is 12.1. The van der Waals surface area contributed by atoms with Gasteiger partial charge in [-0.1, -0.05) is 18.9 Å². The molecule has 0 amide bonds. The van der Waals surface area contributed by atoms with E-state index >= 15 is 0 Å². The summed E-state index contributed by atoms with van der Waals surface area (Å²) in [6.07, 6.45) is 5.56. The van der Waals surface area contributed by atoms with Gasteiger partial charge in [0, 0.05) is 11.1 Å². The zero-order chi connectivity index (χ0) is 13.9. The lowest BCUT2D eigenvalue weighted by Crippen LogP contribution is -1.96. The Morgan fingerprint density at radius 1 is 1.30 bits per heavy atom. The van der Waals surface area contributed by atoms with Crippen LogP contribution in [0.2, 0.25) is 0 Å². The molecule has 3 rings (SSSR count). The molecule has 3 nitrogen and oxygen atoms in total. The Kier molecular flexibility index (Phi) is 4.01. The number of carboxylic acids is 1. The molecular weight excluding hydrogens is 272 g/mol. The number of hydrogen-bond acceptors (Lipinski definition) is 3. The maximum Gasteiger partial charge on any atom is 0.371 e. The lowest BCUT2D eigenvalue weighted by Gasteiger charge is -2.08. The first-order valence-electron chi connectivity index (χ1n) is 7.06. The van der Waals surface area contributed by atoms with Crippen LogP contribution in [-0.2, 0) is 5.75 Å². The van der Waals surface area contributed by atoms with E-state index in [1.165, 1.54) is 37.0 Å². The van der Waals surface area contributed by atoms with E-state index in [9.17, 15) is 4.79 Å². The third kappa shape index (κ3) is 3.01. The van der Waals surface area contributed by atoms with Gasteiger partial charge in [-0.05, 0) is 48.3 Å². The summed E-state index contributed by atoms with van der Waals surface area (Å²) in [4.78, 5) is 10.9. The second kappa shape index (κ2) is 5.92. The molecule has 1 aliphatic rings. The van der Waals surface area contributed by atoms with Crippen molar-refractivity contribution in [2.75, 3.05) is 5.75 Å². The van der Waals surface area contributed by atoms with E-state index in [0.717, 1.165) is 17.1 Å². The minimum Gasteiger partial charge on any atom is -0.475 e. The summed E-state index contributed by atoms with van der Waals surface area (Å²) >= 11 is 1.98. The molecule has 20 heavy (non-hydrogen) atoms. The molecule has 106 valence electrons. The third-order valence-electron chi connectivity index (χ3n) is 3.89. The summed E-state index contributed by atoms with van der Waals surface area (Å²) in [7, 11) is 0. The predicted molar refractivity (Wildman–Crippen MR) is 81.3 cm³/mol. The van der Waals surface area contributed by atoms with Crippen LogP contribution in [0, 0.1) is 5.92 Å². The molecule has 0 saturated heterocycles. The lowest BCUT2D eigenvalue weighted by molar-refractivity contribution is 0.0665. The summed E-state index contributed by atoms with van der Waals surface area (Å²) in [5.41, 5.74) is 1.88. The van der Waals surface area contributed by atoms with Crippen molar-refractivity contribution in [1.29, 1.82) is 0 Å². The van der Waals surface area contributed by atoms with Crippen LogP contribution < -0.4 is 0 Å². The molecule has 1 saturated carbocycles. The summed E-state index contributed by atoms with van der Waals surface area (Å²) in [5, 5.41) is 9.80. The van der Waals surface area contributed by atoms with Crippen molar-refractivity contribution in [1.82, 2.24) is 0 Å². The van der Waals surface area contributed by atoms with Crippen molar-refractivity contribution in [2.45, 2.75) is 31.4 Å². The van der Waals surface area contributed by atoms with E-state index in [-0.39, 0.29) is 5.76 Å². The third-order valence-corrected chi connectivity index (χ3v) is 5.13. The van der Waals surface area contributed by atoms with Crippen molar-refractivity contribution in [3.05, 3.63) is 35.6 Å². The van der Waals surface area contributed by atoms with Crippen molar-refractivity contribution in [2.24, 2.45) is 5.92 Å². The van der Waals surface area contributed by atoms with Crippen LogP contribution in [0.4, 0.5) is 0 Å². The highest BCUT2D eigenvalue weighted by Gasteiger charge is 2.15. The summed E-state index contributed by atoms with van der Waals surface area (Å²) in [5.74, 6) is 2.12. The number of fused-ring (bicyclic) bond motifs is 1. The maximum atomic E-state index is 10.9. The minimum absolute atomic E-state index is 0.00996. The van der Waals surface area contributed by atoms with E-state index in [1.54, 1.807) is 6.07 Å². The fourth-order valence-corrected chi connectivity index (χ4v) is 4.01. The van der Waals surface area contributed by atoms with Gasteiger partial charge in [0.1, 0.15) is 5.58 Å². The van der Waals surface area contributed by atoms with Gasteiger partial charge < -0.3 is 9.52 Å².